The van der Waals surface area contributed by atoms with Crippen molar-refractivity contribution in [3.05, 3.63) is 53.4 Å². The molecule has 1 aliphatic heterocycles. The number of hydrogen-bond donors (Lipinski definition) is 0. The summed E-state index contributed by atoms with van der Waals surface area (Å²) in [6.45, 7) is 0.894. The Kier molecular flexibility index (Phi) is 4.43. The average Bonchev–Trinajstić information content (AvgIpc) is 2.90. The van der Waals surface area contributed by atoms with Gasteiger partial charge in [-0.05, 0) is 11.6 Å². The molecule has 6 heteroatoms. The number of hydrogen-bond acceptors (Lipinski definition) is 3. The van der Waals surface area contributed by atoms with E-state index in [1.54, 1.807) is 36.5 Å². The highest BCUT2D eigenvalue weighted by atomic mass is 19.1. The zero-order chi connectivity index (χ0) is 16.4. The standard InChI is InChI=1S/C17H20FN3O2/c1-20-11-19-15-9-21(13(10-23-2)8-16(15)20)17(22)7-12-5-3-4-6-14(12)18/h3-6,11,13H,7-10H2,1-2H3. The van der Waals surface area contributed by atoms with Gasteiger partial charge in [0, 0.05) is 26.3 Å². The molecule has 2 heterocycles. The molecule has 1 atom stereocenters. The van der Waals surface area contributed by atoms with Crippen LogP contribution >= 0.6 is 0 Å². The maximum absolute atomic E-state index is 13.8. The van der Waals surface area contributed by atoms with Crippen LogP contribution in [0.2, 0.25) is 0 Å². The molecule has 5 nitrogen and oxygen atoms in total. The van der Waals surface area contributed by atoms with E-state index in [9.17, 15) is 9.18 Å². The van der Waals surface area contributed by atoms with Gasteiger partial charge in [0.05, 0.1) is 37.6 Å². The van der Waals surface area contributed by atoms with Crippen molar-refractivity contribution in [2.75, 3.05) is 13.7 Å². The molecular formula is C17H20FN3O2. The van der Waals surface area contributed by atoms with E-state index in [4.69, 9.17) is 4.74 Å². The number of ether oxygens (including phenoxy) is 1. The Bertz CT molecular complexity index is 714. The van der Waals surface area contributed by atoms with Gasteiger partial charge in [-0.3, -0.25) is 4.79 Å². The predicted octanol–water partition coefficient (Wildman–Crippen LogP) is 1.70. The molecule has 1 aliphatic rings. The van der Waals surface area contributed by atoms with E-state index in [1.807, 2.05) is 11.6 Å². The van der Waals surface area contributed by atoms with Crippen LogP contribution in [0.1, 0.15) is 17.0 Å². The van der Waals surface area contributed by atoms with Gasteiger partial charge in [0.25, 0.3) is 0 Å². The Labute approximate surface area is 134 Å². The number of imidazole rings is 1. The van der Waals surface area contributed by atoms with Gasteiger partial charge < -0.3 is 14.2 Å². The first-order chi connectivity index (χ1) is 11.1. The molecule has 1 amide bonds. The maximum Gasteiger partial charge on any atom is 0.227 e. The Morgan fingerprint density at radius 2 is 2.22 bits per heavy atom. The van der Waals surface area contributed by atoms with Gasteiger partial charge in [-0.25, -0.2) is 9.37 Å². The second kappa shape index (κ2) is 6.50. The van der Waals surface area contributed by atoms with Gasteiger partial charge in [0.2, 0.25) is 5.91 Å². The quantitative estimate of drug-likeness (QED) is 0.862. The van der Waals surface area contributed by atoms with Crippen LogP contribution < -0.4 is 0 Å². The van der Waals surface area contributed by atoms with E-state index < -0.39 is 0 Å². The van der Waals surface area contributed by atoms with Crippen LogP contribution in [0.15, 0.2) is 30.6 Å². The van der Waals surface area contributed by atoms with E-state index in [2.05, 4.69) is 4.98 Å². The van der Waals surface area contributed by atoms with E-state index in [-0.39, 0.29) is 24.2 Å². The van der Waals surface area contributed by atoms with Crippen LogP contribution in [0.25, 0.3) is 0 Å². The molecule has 0 spiro atoms. The van der Waals surface area contributed by atoms with Crippen LogP contribution in [-0.2, 0) is 36.0 Å². The fourth-order valence-corrected chi connectivity index (χ4v) is 3.06. The van der Waals surface area contributed by atoms with Crippen molar-refractivity contribution in [2.24, 2.45) is 7.05 Å². The highest BCUT2D eigenvalue weighted by Crippen LogP contribution is 2.23. The lowest BCUT2D eigenvalue weighted by Gasteiger charge is -2.35. The summed E-state index contributed by atoms with van der Waals surface area (Å²) in [6.07, 6.45) is 2.51. The third-order valence-electron chi connectivity index (χ3n) is 4.31. The Morgan fingerprint density at radius 1 is 1.43 bits per heavy atom. The number of aryl methyl sites for hydroxylation is 1. The van der Waals surface area contributed by atoms with Crippen molar-refractivity contribution in [3.8, 4) is 0 Å². The Balaban J connectivity index is 1.82. The molecule has 23 heavy (non-hydrogen) atoms. The Morgan fingerprint density at radius 3 is 2.96 bits per heavy atom. The number of amides is 1. The van der Waals surface area contributed by atoms with Gasteiger partial charge >= 0.3 is 0 Å². The van der Waals surface area contributed by atoms with E-state index in [0.29, 0.717) is 25.1 Å². The monoisotopic (exact) mass is 317 g/mol. The zero-order valence-electron chi connectivity index (χ0n) is 13.3. The van der Waals surface area contributed by atoms with Gasteiger partial charge in [-0.2, -0.15) is 0 Å². The first kappa shape index (κ1) is 15.7. The number of halogens is 1. The summed E-state index contributed by atoms with van der Waals surface area (Å²) in [5, 5.41) is 0. The number of carbonyl (C=O) groups excluding carboxylic acids is 1. The molecule has 0 aliphatic carbocycles. The number of carbonyl (C=O) groups is 1. The van der Waals surface area contributed by atoms with Gasteiger partial charge in [0.1, 0.15) is 5.82 Å². The minimum atomic E-state index is -0.348. The number of methoxy groups -OCH3 is 1. The van der Waals surface area contributed by atoms with Gasteiger partial charge in [-0.1, -0.05) is 18.2 Å². The molecule has 1 unspecified atom stereocenters. The van der Waals surface area contributed by atoms with Crippen molar-refractivity contribution in [1.82, 2.24) is 14.5 Å². The number of nitrogens with zero attached hydrogens (tertiary/aromatic N) is 3. The van der Waals surface area contributed by atoms with Crippen LogP contribution in [0.4, 0.5) is 4.39 Å². The molecule has 0 saturated heterocycles. The smallest absolute Gasteiger partial charge is 0.227 e. The first-order valence-corrected chi connectivity index (χ1v) is 7.61. The maximum atomic E-state index is 13.8. The lowest BCUT2D eigenvalue weighted by molar-refractivity contribution is -0.135. The number of aromatic nitrogens is 2. The first-order valence-electron chi connectivity index (χ1n) is 7.61. The Hall–Kier alpha value is -2.21. The molecule has 0 saturated carbocycles. The molecule has 3 rings (SSSR count). The largest absolute Gasteiger partial charge is 0.383 e. The molecule has 0 N–H and O–H groups in total. The van der Waals surface area contributed by atoms with Crippen molar-refractivity contribution in [3.63, 3.8) is 0 Å². The third kappa shape index (κ3) is 3.12. The van der Waals surface area contributed by atoms with E-state index in [1.165, 1.54) is 6.07 Å². The molecule has 1 aromatic heterocycles. The highest BCUT2D eigenvalue weighted by molar-refractivity contribution is 5.79. The minimum absolute atomic E-state index is 0.0506. The summed E-state index contributed by atoms with van der Waals surface area (Å²) in [5.41, 5.74) is 2.45. The summed E-state index contributed by atoms with van der Waals surface area (Å²) >= 11 is 0. The summed E-state index contributed by atoms with van der Waals surface area (Å²) in [4.78, 5) is 18.8. The molecule has 0 fully saturated rings. The van der Waals surface area contributed by atoms with Crippen LogP contribution in [0, 0.1) is 5.82 Å². The second-order valence-electron chi connectivity index (χ2n) is 5.85. The lowest BCUT2D eigenvalue weighted by atomic mass is 10.0. The van der Waals surface area contributed by atoms with E-state index in [0.717, 1.165) is 11.4 Å². The normalized spacial score (nSPS) is 17.2. The fourth-order valence-electron chi connectivity index (χ4n) is 3.06. The topological polar surface area (TPSA) is 47.4 Å². The van der Waals surface area contributed by atoms with Gasteiger partial charge in [0.15, 0.2) is 0 Å². The fraction of sp³-hybridized carbons (Fsp3) is 0.412. The van der Waals surface area contributed by atoms with Crippen LogP contribution in [-0.4, -0.2) is 40.1 Å². The van der Waals surface area contributed by atoms with Crippen molar-refractivity contribution >= 4 is 5.91 Å². The average molecular weight is 317 g/mol. The molecular weight excluding hydrogens is 297 g/mol. The van der Waals surface area contributed by atoms with Crippen molar-refractivity contribution in [1.29, 1.82) is 0 Å². The van der Waals surface area contributed by atoms with Crippen molar-refractivity contribution in [2.45, 2.75) is 25.4 Å². The second-order valence-corrected chi connectivity index (χ2v) is 5.85. The van der Waals surface area contributed by atoms with Crippen LogP contribution in [0.5, 0.6) is 0 Å². The molecule has 2 aromatic rings. The molecule has 1 aromatic carbocycles. The third-order valence-corrected chi connectivity index (χ3v) is 4.31. The minimum Gasteiger partial charge on any atom is -0.383 e. The summed E-state index contributed by atoms with van der Waals surface area (Å²) in [5.74, 6) is -0.451. The van der Waals surface area contributed by atoms with Gasteiger partial charge in [-0.15, -0.1) is 0 Å². The number of fused-ring (bicyclic) bond motifs is 1. The summed E-state index contributed by atoms with van der Waals surface area (Å²) < 4.78 is 21.0. The van der Waals surface area contributed by atoms with Crippen LogP contribution in [0.3, 0.4) is 0 Å². The highest BCUT2D eigenvalue weighted by Gasteiger charge is 2.32. The van der Waals surface area contributed by atoms with E-state index >= 15 is 0 Å². The SMILES string of the molecule is COCC1Cc2c(ncn2C)CN1C(=O)Cc1ccccc1F. The molecule has 122 valence electrons. The molecule has 0 bridgehead atoms. The predicted molar refractivity (Wildman–Crippen MR) is 83.2 cm³/mol. The van der Waals surface area contributed by atoms with Crippen molar-refractivity contribution < 1.29 is 13.9 Å². The summed E-state index contributed by atoms with van der Waals surface area (Å²) in [7, 11) is 3.57. The zero-order valence-corrected chi connectivity index (χ0v) is 13.3. The lowest BCUT2D eigenvalue weighted by Crippen LogP contribution is -2.47. The number of benzene rings is 1. The number of rotatable bonds is 4. The molecule has 0 radical (unpaired) electrons. The summed E-state index contributed by atoms with van der Waals surface area (Å²) in [6, 6.07) is 6.34.